The number of nitrogens with zero attached hydrogens (tertiary/aromatic N) is 1. The van der Waals surface area contributed by atoms with E-state index in [9.17, 15) is 0 Å². The van der Waals surface area contributed by atoms with E-state index in [0.717, 1.165) is 17.1 Å². The van der Waals surface area contributed by atoms with Crippen molar-refractivity contribution >= 4 is 17.1 Å². The molecule has 0 aliphatic heterocycles. The van der Waals surface area contributed by atoms with Gasteiger partial charge in [-0.1, -0.05) is 206 Å². The average Bonchev–Trinajstić information content (AvgIpc) is 3.66. The predicted octanol–water partition coefficient (Wildman–Crippen LogP) is 16.2. The summed E-state index contributed by atoms with van der Waals surface area (Å²) in [5, 5.41) is 0. The minimum Gasteiger partial charge on any atom is -0.310 e. The maximum Gasteiger partial charge on any atom is 0.0714 e. The fraction of sp³-hybridized carbons (Fsp3) is 0.0164. The van der Waals surface area contributed by atoms with Gasteiger partial charge in [-0.2, -0.15) is 0 Å². The van der Waals surface area contributed by atoms with Gasteiger partial charge in [0.2, 0.25) is 0 Å². The molecule has 0 saturated carbocycles. The zero-order valence-corrected chi connectivity index (χ0v) is 34.3. The van der Waals surface area contributed by atoms with Crippen LogP contribution in [0.2, 0.25) is 0 Å². The van der Waals surface area contributed by atoms with Crippen LogP contribution >= 0.6 is 0 Å². The zero-order valence-electron chi connectivity index (χ0n) is 34.3. The van der Waals surface area contributed by atoms with Crippen LogP contribution in [0.4, 0.5) is 17.1 Å². The van der Waals surface area contributed by atoms with Crippen molar-refractivity contribution in [2.45, 2.75) is 5.41 Å². The van der Waals surface area contributed by atoms with E-state index in [1.807, 2.05) is 0 Å². The lowest BCUT2D eigenvalue weighted by atomic mass is 9.67. The highest BCUT2D eigenvalue weighted by molar-refractivity contribution is 5.90. The molecule has 0 bridgehead atoms. The molecule has 0 saturated heterocycles. The fourth-order valence-electron chi connectivity index (χ4n) is 9.64. The molecule has 0 spiro atoms. The van der Waals surface area contributed by atoms with Gasteiger partial charge in [0, 0.05) is 17.1 Å². The topological polar surface area (TPSA) is 3.24 Å². The van der Waals surface area contributed by atoms with Gasteiger partial charge in [-0.05, 0) is 132 Å². The minimum atomic E-state index is -0.503. The standard InChI is InChI=1S/C61H43N/c1-6-18-44(19-7-1)47-30-34-54(35-31-47)62(55-36-32-48(33-37-55)51-41-49(45-20-8-2-9-21-45)40-50(42-51)46-22-10-3-11-23-46)56-38-39-58-57-28-16-17-29-59(57)61(60(58)43-56,52-24-12-4-13-25-52)53-26-14-5-15-27-53/h1-43H. The summed E-state index contributed by atoms with van der Waals surface area (Å²) >= 11 is 0. The van der Waals surface area contributed by atoms with E-state index in [-0.39, 0.29) is 0 Å². The first-order valence-corrected chi connectivity index (χ1v) is 21.4. The molecular formula is C61H43N. The van der Waals surface area contributed by atoms with E-state index < -0.39 is 5.41 Å². The molecule has 0 radical (unpaired) electrons. The van der Waals surface area contributed by atoms with Crippen molar-refractivity contribution in [1.82, 2.24) is 0 Å². The number of fused-ring (bicyclic) bond motifs is 3. The van der Waals surface area contributed by atoms with Crippen molar-refractivity contribution in [3.05, 3.63) is 283 Å². The van der Waals surface area contributed by atoms with Crippen LogP contribution in [0.5, 0.6) is 0 Å². The Morgan fingerprint density at radius 1 is 0.226 bits per heavy atom. The summed E-state index contributed by atoms with van der Waals surface area (Å²) in [7, 11) is 0. The molecular weight excluding hydrogens is 747 g/mol. The van der Waals surface area contributed by atoms with Crippen LogP contribution in [0.1, 0.15) is 22.3 Å². The van der Waals surface area contributed by atoms with Crippen molar-refractivity contribution in [1.29, 1.82) is 0 Å². The van der Waals surface area contributed by atoms with Gasteiger partial charge in [-0.25, -0.2) is 0 Å². The summed E-state index contributed by atoms with van der Waals surface area (Å²) in [6.45, 7) is 0. The smallest absolute Gasteiger partial charge is 0.0714 e. The molecule has 0 unspecified atom stereocenters. The molecule has 62 heavy (non-hydrogen) atoms. The zero-order chi connectivity index (χ0) is 41.3. The predicted molar refractivity (Wildman–Crippen MR) is 260 cm³/mol. The van der Waals surface area contributed by atoms with E-state index in [1.54, 1.807) is 0 Å². The second kappa shape index (κ2) is 15.9. The summed E-state index contributed by atoms with van der Waals surface area (Å²) in [5.41, 5.74) is 20.0. The Labute approximate surface area is 364 Å². The number of benzene rings is 10. The molecule has 0 aromatic heterocycles. The summed E-state index contributed by atoms with van der Waals surface area (Å²) in [6.07, 6.45) is 0. The maximum atomic E-state index is 2.45. The summed E-state index contributed by atoms with van der Waals surface area (Å²) in [5.74, 6) is 0. The van der Waals surface area contributed by atoms with E-state index in [0.29, 0.717) is 0 Å². The second-order valence-electron chi connectivity index (χ2n) is 16.1. The number of hydrogen-bond donors (Lipinski definition) is 0. The lowest BCUT2D eigenvalue weighted by Gasteiger charge is -2.35. The Morgan fingerprint density at radius 2 is 0.565 bits per heavy atom. The Morgan fingerprint density at radius 3 is 1.03 bits per heavy atom. The highest BCUT2D eigenvalue weighted by atomic mass is 15.1. The monoisotopic (exact) mass is 789 g/mol. The highest BCUT2D eigenvalue weighted by Gasteiger charge is 2.46. The molecule has 1 nitrogen and oxygen atoms in total. The Balaban J connectivity index is 1.08. The van der Waals surface area contributed by atoms with E-state index in [4.69, 9.17) is 0 Å². The Hall–Kier alpha value is -8.00. The third-order valence-corrected chi connectivity index (χ3v) is 12.5. The van der Waals surface area contributed by atoms with Gasteiger partial charge in [-0.3, -0.25) is 0 Å². The van der Waals surface area contributed by atoms with Crippen molar-refractivity contribution in [2.24, 2.45) is 0 Å². The normalized spacial score (nSPS) is 12.3. The molecule has 0 N–H and O–H groups in total. The van der Waals surface area contributed by atoms with Gasteiger partial charge < -0.3 is 4.90 Å². The molecule has 10 aromatic carbocycles. The second-order valence-corrected chi connectivity index (χ2v) is 16.1. The van der Waals surface area contributed by atoms with Crippen LogP contribution in [-0.2, 0) is 5.41 Å². The maximum absolute atomic E-state index is 2.45. The van der Waals surface area contributed by atoms with Crippen molar-refractivity contribution in [3.8, 4) is 55.6 Å². The van der Waals surface area contributed by atoms with Crippen LogP contribution in [0.3, 0.4) is 0 Å². The van der Waals surface area contributed by atoms with Crippen molar-refractivity contribution < 1.29 is 0 Å². The highest BCUT2D eigenvalue weighted by Crippen LogP contribution is 2.57. The fourth-order valence-corrected chi connectivity index (χ4v) is 9.64. The third kappa shape index (κ3) is 6.52. The molecule has 0 atom stereocenters. The molecule has 1 aliphatic carbocycles. The van der Waals surface area contributed by atoms with E-state index in [1.165, 1.54) is 77.9 Å². The van der Waals surface area contributed by atoms with E-state index in [2.05, 4.69) is 266 Å². The lowest BCUT2D eigenvalue weighted by molar-refractivity contribution is 0.768. The van der Waals surface area contributed by atoms with Gasteiger partial charge in [0.15, 0.2) is 0 Å². The first kappa shape index (κ1) is 37.0. The first-order valence-electron chi connectivity index (χ1n) is 21.4. The van der Waals surface area contributed by atoms with Crippen LogP contribution < -0.4 is 4.90 Å². The number of hydrogen-bond acceptors (Lipinski definition) is 1. The Kier molecular flexibility index (Phi) is 9.48. The minimum absolute atomic E-state index is 0.503. The molecule has 0 fully saturated rings. The largest absolute Gasteiger partial charge is 0.310 e. The molecule has 1 heteroatoms. The quantitative estimate of drug-likeness (QED) is 0.141. The molecule has 10 aromatic rings. The third-order valence-electron chi connectivity index (χ3n) is 12.5. The molecule has 0 amide bonds. The summed E-state index contributed by atoms with van der Waals surface area (Å²) in [6, 6.07) is 95.2. The van der Waals surface area contributed by atoms with Gasteiger partial charge in [0.1, 0.15) is 0 Å². The van der Waals surface area contributed by atoms with Crippen LogP contribution in [0.15, 0.2) is 261 Å². The average molecular weight is 790 g/mol. The van der Waals surface area contributed by atoms with E-state index >= 15 is 0 Å². The Bertz CT molecular complexity index is 3020. The lowest BCUT2D eigenvalue weighted by Crippen LogP contribution is -2.28. The molecule has 0 heterocycles. The van der Waals surface area contributed by atoms with Crippen LogP contribution in [0.25, 0.3) is 55.6 Å². The summed E-state index contributed by atoms with van der Waals surface area (Å²) in [4.78, 5) is 2.42. The van der Waals surface area contributed by atoms with Crippen molar-refractivity contribution in [3.63, 3.8) is 0 Å². The SMILES string of the molecule is c1ccc(-c2ccc(N(c3ccc(-c4cc(-c5ccccc5)cc(-c5ccccc5)c4)cc3)c3ccc4c(c3)C(c3ccccc3)(c3ccccc3)c3ccccc3-4)cc2)cc1. The molecule has 1 aliphatic rings. The van der Waals surface area contributed by atoms with Gasteiger partial charge >= 0.3 is 0 Å². The van der Waals surface area contributed by atoms with Gasteiger partial charge in [0.05, 0.1) is 5.41 Å². The van der Waals surface area contributed by atoms with Crippen molar-refractivity contribution in [2.75, 3.05) is 4.90 Å². The number of rotatable bonds is 9. The van der Waals surface area contributed by atoms with Gasteiger partial charge in [0.25, 0.3) is 0 Å². The van der Waals surface area contributed by atoms with Gasteiger partial charge in [-0.15, -0.1) is 0 Å². The summed E-state index contributed by atoms with van der Waals surface area (Å²) < 4.78 is 0. The van der Waals surface area contributed by atoms with Crippen LogP contribution in [0, 0.1) is 0 Å². The van der Waals surface area contributed by atoms with Crippen LogP contribution in [-0.4, -0.2) is 0 Å². The number of anilines is 3. The molecule has 11 rings (SSSR count). The molecule has 292 valence electrons. The first-order chi connectivity index (χ1) is 30.7.